The average molecular weight is 469 g/mol. The molecule has 1 heterocycles. The molecule has 2 aromatic carbocycles. The van der Waals surface area contributed by atoms with Crippen LogP contribution >= 0.6 is 31.9 Å². The molecular weight excluding hydrogens is 450 g/mol. The molecule has 132 valence electrons. The molecule has 0 aliphatic carbocycles. The van der Waals surface area contributed by atoms with E-state index in [9.17, 15) is 15.0 Å². The molecule has 1 aliphatic heterocycles. The van der Waals surface area contributed by atoms with Crippen molar-refractivity contribution in [2.75, 3.05) is 0 Å². The third-order valence-electron chi connectivity index (χ3n) is 4.91. The molecule has 0 saturated carbocycles. The Kier molecular flexibility index (Phi) is 5.23. The highest BCUT2D eigenvalue weighted by Gasteiger charge is 2.41. The van der Waals surface area contributed by atoms with Gasteiger partial charge in [-0.25, -0.2) is 0 Å². The van der Waals surface area contributed by atoms with Crippen LogP contribution in [0.2, 0.25) is 0 Å². The summed E-state index contributed by atoms with van der Waals surface area (Å²) < 4.78 is 1.67. The van der Waals surface area contributed by atoms with Crippen molar-refractivity contribution in [2.24, 2.45) is 11.8 Å². The Morgan fingerprint density at radius 1 is 0.840 bits per heavy atom. The largest absolute Gasteiger partial charge is 0.508 e. The number of Topliss-reactive ketones (excluding diaryl/α,β-unsaturated/α-hetero) is 1. The molecule has 4 nitrogen and oxygen atoms in total. The van der Waals surface area contributed by atoms with Crippen molar-refractivity contribution in [2.45, 2.75) is 25.9 Å². The van der Waals surface area contributed by atoms with Gasteiger partial charge >= 0.3 is 0 Å². The highest BCUT2D eigenvalue weighted by Crippen LogP contribution is 2.43. The first-order valence-electron chi connectivity index (χ1n) is 8.06. The second-order valence-electron chi connectivity index (χ2n) is 6.51. The Morgan fingerprint density at radius 3 is 1.64 bits per heavy atom. The SMILES string of the molecule is C[C@@H]1C(=O)[C@H](C)[C@H](c2cc(Br)ccc2O)N[C@@H]1c1cc(Br)ccc1O. The Labute approximate surface area is 163 Å². The predicted molar refractivity (Wildman–Crippen MR) is 104 cm³/mol. The van der Waals surface area contributed by atoms with E-state index in [2.05, 4.69) is 37.2 Å². The zero-order valence-electron chi connectivity index (χ0n) is 13.8. The van der Waals surface area contributed by atoms with E-state index in [1.165, 1.54) is 0 Å². The molecule has 0 aromatic heterocycles. The van der Waals surface area contributed by atoms with Gasteiger partial charge in [0.15, 0.2) is 0 Å². The van der Waals surface area contributed by atoms with Crippen LogP contribution in [0, 0.1) is 11.8 Å². The Morgan fingerprint density at radius 2 is 1.24 bits per heavy atom. The van der Waals surface area contributed by atoms with E-state index >= 15 is 0 Å². The van der Waals surface area contributed by atoms with Gasteiger partial charge < -0.3 is 15.5 Å². The minimum Gasteiger partial charge on any atom is -0.508 e. The lowest BCUT2D eigenvalue weighted by molar-refractivity contribution is -0.130. The summed E-state index contributed by atoms with van der Waals surface area (Å²) in [5, 5.41) is 24.0. The average Bonchev–Trinajstić information content (AvgIpc) is 2.58. The number of phenols is 2. The fraction of sp³-hybridized carbons (Fsp3) is 0.316. The van der Waals surface area contributed by atoms with Crippen LogP contribution in [0.1, 0.15) is 37.1 Å². The molecule has 6 heteroatoms. The van der Waals surface area contributed by atoms with Crippen LogP contribution in [-0.4, -0.2) is 16.0 Å². The summed E-state index contributed by atoms with van der Waals surface area (Å²) in [7, 11) is 0. The van der Waals surface area contributed by atoms with Crippen molar-refractivity contribution in [3.8, 4) is 11.5 Å². The number of piperidine rings is 1. The van der Waals surface area contributed by atoms with Crippen LogP contribution in [-0.2, 0) is 4.79 Å². The van der Waals surface area contributed by atoms with Gasteiger partial charge in [-0.2, -0.15) is 0 Å². The standard InChI is InChI=1S/C19H19Br2NO3/c1-9-17(13-7-11(20)3-5-15(13)23)22-18(10(2)19(9)25)14-8-12(21)4-6-16(14)24/h3-10,17-18,22-24H,1-2H3/t9-,10+,17-,18+. The number of hydrogen-bond acceptors (Lipinski definition) is 4. The van der Waals surface area contributed by atoms with Crippen LogP contribution in [0.3, 0.4) is 0 Å². The maximum absolute atomic E-state index is 12.9. The topological polar surface area (TPSA) is 69.6 Å². The van der Waals surface area contributed by atoms with Gasteiger partial charge in [0.05, 0.1) is 0 Å². The number of carbonyl (C=O) groups excluding carboxylic acids is 1. The Bertz CT molecular complexity index is 759. The lowest BCUT2D eigenvalue weighted by Crippen LogP contribution is -2.46. The first kappa shape index (κ1) is 18.4. The summed E-state index contributed by atoms with van der Waals surface area (Å²) in [4.78, 5) is 12.9. The first-order chi connectivity index (χ1) is 11.8. The van der Waals surface area contributed by atoms with Crippen molar-refractivity contribution in [3.05, 3.63) is 56.5 Å². The van der Waals surface area contributed by atoms with Crippen molar-refractivity contribution < 1.29 is 15.0 Å². The molecule has 0 radical (unpaired) electrons. The van der Waals surface area contributed by atoms with E-state index in [4.69, 9.17) is 0 Å². The fourth-order valence-electron chi connectivity index (χ4n) is 3.49. The number of phenolic OH excluding ortho intramolecular Hbond substituents is 2. The van der Waals surface area contributed by atoms with E-state index in [0.29, 0.717) is 11.1 Å². The van der Waals surface area contributed by atoms with Crippen LogP contribution in [0.25, 0.3) is 0 Å². The van der Waals surface area contributed by atoms with Crippen molar-refractivity contribution in [1.29, 1.82) is 0 Å². The molecule has 2 aromatic rings. The number of halogens is 2. The maximum atomic E-state index is 12.9. The van der Waals surface area contributed by atoms with Crippen LogP contribution in [0.15, 0.2) is 45.3 Å². The molecule has 1 aliphatic rings. The molecule has 0 bridgehead atoms. The first-order valence-corrected chi connectivity index (χ1v) is 9.64. The zero-order chi connectivity index (χ0) is 18.3. The third-order valence-corrected chi connectivity index (χ3v) is 5.89. The molecule has 4 atom stereocenters. The van der Waals surface area contributed by atoms with Crippen LogP contribution in [0.5, 0.6) is 11.5 Å². The van der Waals surface area contributed by atoms with Crippen LogP contribution in [0.4, 0.5) is 0 Å². The monoisotopic (exact) mass is 467 g/mol. The molecule has 1 fully saturated rings. The molecule has 0 unspecified atom stereocenters. The summed E-state index contributed by atoms with van der Waals surface area (Å²) in [6.45, 7) is 3.74. The minimum absolute atomic E-state index is 0.104. The highest BCUT2D eigenvalue weighted by molar-refractivity contribution is 9.10. The van der Waals surface area contributed by atoms with Gasteiger partial charge in [-0.1, -0.05) is 45.7 Å². The van der Waals surface area contributed by atoms with Gasteiger partial charge in [0.1, 0.15) is 17.3 Å². The van der Waals surface area contributed by atoms with Gasteiger partial charge in [0.2, 0.25) is 0 Å². The second kappa shape index (κ2) is 7.09. The molecule has 25 heavy (non-hydrogen) atoms. The van der Waals surface area contributed by atoms with E-state index in [0.717, 1.165) is 8.95 Å². The minimum atomic E-state index is -0.343. The summed E-state index contributed by atoms with van der Waals surface area (Å²) >= 11 is 6.84. The van der Waals surface area contributed by atoms with E-state index < -0.39 is 0 Å². The molecule has 0 spiro atoms. The molecule has 3 rings (SSSR count). The summed E-state index contributed by atoms with van der Waals surface area (Å²) in [5.41, 5.74) is 1.34. The molecular formula is C19H19Br2NO3. The summed E-state index contributed by atoms with van der Waals surface area (Å²) in [6, 6.07) is 9.70. The third kappa shape index (κ3) is 3.48. The summed E-state index contributed by atoms with van der Waals surface area (Å²) in [5.74, 6) is -0.187. The smallest absolute Gasteiger partial charge is 0.142 e. The normalized spacial score (nSPS) is 26.6. The fourth-order valence-corrected chi connectivity index (χ4v) is 4.25. The van der Waals surface area contributed by atoms with Gasteiger partial charge in [-0.3, -0.25) is 4.79 Å². The number of benzene rings is 2. The van der Waals surface area contributed by atoms with E-state index in [1.807, 2.05) is 26.0 Å². The summed E-state index contributed by atoms with van der Waals surface area (Å²) in [6.07, 6.45) is 0. The molecule has 0 amide bonds. The highest BCUT2D eigenvalue weighted by atomic mass is 79.9. The van der Waals surface area contributed by atoms with Gasteiger partial charge in [0.25, 0.3) is 0 Å². The molecule has 1 saturated heterocycles. The van der Waals surface area contributed by atoms with Crippen LogP contribution < -0.4 is 5.32 Å². The number of carbonyl (C=O) groups is 1. The number of ketones is 1. The zero-order valence-corrected chi connectivity index (χ0v) is 17.0. The maximum Gasteiger partial charge on any atom is 0.142 e. The van der Waals surface area contributed by atoms with Gasteiger partial charge in [-0.15, -0.1) is 0 Å². The Hall–Kier alpha value is -1.37. The van der Waals surface area contributed by atoms with E-state index in [-0.39, 0.29) is 41.2 Å². The van der Waals surface area contributed by atoms with Crippen molar-refractivity contribution in [1.82, 2.24) is 5.32 Å². The number of nitrogens with one attached hydrogen (secondary N) is 1. The van der Waals surface area contributed by atoms with Gasteiger partial charge in [0, 0.05) is 44.0 Å². The Balaban J connectivity index is 2.05. The van der Waals surface area contributed by atoms with E-state index in [1.54, 1.807) is 24.3 Å². The van der Waals surface area contributed by atoms with Gasteiger partial charge in [-0.05, 0) is 36.4 Å². The second-order valence-corrected chi connectivity index (χ2v) is 8.34. The lowest BCUT2D eigenvalue weighted by Gasteiger charge is -2.40. The van der Waals surface area contributed by atoms with Crippen molar-refractivity contribution >= 4 is 37.6 Å². The van der Waals surface area contributed by atoms with Crippen molar-refractivity contribution in [3.63, 3.8) is 0 Å². The number of aromatic hydroxyl groups is 2. The lowest BCUT2D eigenvalue weighted by atomic mass is 9.76. The quantitative estimate of drug-likeness (QED) is 0.589. The number of rotatable bonds is 2. The molecule has 3 N–H and O–H groups in total. The number of hydrogen-bond donors (Lipinski definition) is 3. The predicted octanol–water partition coefficient (Wildman–Crippen LogP) is 4.85.